The van der Waals surface area contributed by atoms with Gasteiger partial charge >= 0.3 is 5.97 Å². The summed E-state index contributed by atoms with van der Waals surface area (Å²) in [5.41, 5.74) is 4.10. The van der Waals surface area contributed by atoms with Gasteiger partial charge in [0.05, 0.1) is 23.2 Å². The van der Waals surface area contributed by atoms with Crippen LogP contribution in [0.2, 0.25) is 0 Å². The predicted octanol–water partition coefficient (Wildman–Crippen LogP) is 3.02. The molecule has 4 rings (SSSR count). The van der Waals surface area contributed by atoms with Gasteiger partial charge in [0.25, 0.3) is 0 Å². The highest BCUT2D eigenvalue weighted by molar-refractivity contribution is 5.90. The van der Waals surface area contributed by atoms with E-state index in [4.69, 9.17) is 4.42 Å². The number of carboxylic acids is 1. The second-order valence-corrected chi connectivity index (χ2v) is 5.27. The predicted molar refractivity (Wildman–Crippen MR) is 68.3 cm³/mol. The molecule has 96 valence electrons. The van der Waals surface area contributed by atoms with Crippen LogP contribution in [0.1, 0.15) is 46.1 Å². The van der Waals surface area contributed by atoms with E-state index in [1.807, 2.05) is 12.1 Å². The maximum absolute atomic E-state index is 11.4. The molecule has 0 aromatic carbocycles. The number of carbonyl (C=O) groups is 1. The van der Waals surface area contributed by atoms with Crippen molar-refractivity contribution in [3.8, 4) is 11.3 Å². The van der Waals surface area contributed by atoms with E-state index in [1.165, 1.54) is 0 Å². The maximum atomic E-state index is 11.4. The van der Waals surface area contributed by atoms with Crippen LogP contribution in [0.3, 0.4) is 0 Å². The Bertz CT molecular complexity index is 683. The number of furan rings is 1. The summed E-state index contributed by atoms with van der Waals surface area (Å²) in [5.74, 6) is 0.425. The Morgan fingerprint density at radius 3 is 2.95 bits per heavy atom. The number of aromatic carboxylic acids is 1. The second-order valence-electron chi connectivity index (χ2n) is 5.27. The van der Waals surface area contributed by atoms with Crippen LogP contribution in [-0.4, -0.2) is 16.1 Å². The van der Waals surface area contributed by atoms with Crippen molar-refractivity contribution in [2.75, 3.05) is 0 Å². The summed E-state index contributed by atoms with van der Waals surface area (Å²) in [6.45, 7) is 0. The standard InChI is InChI=1S/C15H13NO3/c17-15(18)11-7-9-3-4-12-10(5-6-19-12)14(9)16-13(11)8-1-2-8/h5-8H,1-4H2,(H,17,18). The third-order valence-electron chi connectivity index (χ3n) is 3.95. The third-order valence-corrected chi connectivity index (χ3v) is 3.95. The molecule has 1 saturated carbocycles. The van der Waals surface area contributed by atoms with E-state index >= 15 is 0 Å². The molecule has 4 nitrogen and oxygen atoms in total. The number of aromatic nitrogens is 1. The normalized spacial score (nSPS) is 16.8. The summed E-state index contributed by atoms with van der Waals surface area (Å²) >= 11 is 0. The molecular weight excluding hydrogens is 242 g/mol. The van der Waals surface area contributed by atoms with Gasteiger partial charge in [-0.25, -0.2) is 4.79 Å². The molecule has 2 aliphatic rings. The number of fused-ring (bicyclic) bond motifs is 3. The van der Waals surface area contributed by atoms with Crippen LogP contribution in [0.4, 0.5) is 0 Å². The van der Waals surface area contributed by atoms with Crippen molar-refractivity contribution < 1.29 is 14.3 Å². The number of nitrogens with zero attached hydrogens (tertiary/aromatic N) is 1. The van der Waals surface area contributed by atoms with Gasteiger partial charge in [0.2, 0.25) is 0 Å². The minimum atomic E-state index is -0.866. The molecular formula is C15H13NO3. The number of rotatable bonds is 2. The highest BCUT2D eigenvalue weighted by Gasteiger charge is 2.32. The molecule has 0 bridgehead atoms. The van der Waals surface area contributed by atoms with E-state index in [0.29, 0.717) is 11.5 Å². The average Bonchev–Trinajstić information content (AvgIpc) is 3.14. The summed E-state index contributed by atoms with van der Waals surface area (Å²) < 4.78 is 5.45. The second kappa shape index (κ2) is 3.70. The molecule has 1 fully saturated rings. The zero-order chi connectivity index (χ0) is 13.0. The highest BCUT2D eigenvalue weighted by Crippen LogP contribution is 2.43. The Labute approximate surface area is 110 Å². The quantitative estimate of drug-likeness (QED) is 0.895. The molecule has 2 aromatic heterocycles. The zero-order valence-electron chi connectivity index (χ0n) is 10.3. The first-order valence-corrected chi connectivity index (χ1v) is 6.58. The Balaban J connectivity index is 1.95. The number of hydrogen-bond donors (Lipinski definition) is 1. The summed E-state index contributed by atoms with van der Waals surface area (Å²) in [5, 5.41) is 9.34. The first-order valence-electron chi connectivity index (χ1n) is 6.58. The van der Waals surface area contributed by atoms with Crippen LogP contribution in [0.5, 0.6) is 0 Å². The van der Waals surface area contributed by atoms with Crippen molar-refractivity contribution in [3.63, 3.8) is 0 Å². The lowest BCUT2D eigenvalue weighted by molar-refractivity contribution is 0.0695. The molecule has 0 spiro atoms. The summed E-state index contributed by atoms with van der Waals surface area (Å²) in [4.78, 5) is 16.0. The lowest BCUT2D eigenvalue weighted by atomic mass is 9.92. The summed E-state index contributed by atoms with van der Waals surface area (Å²) in [6, 6.07) is 3.74. The minimum Gasteiger partial charge on any atom is -0.478 e. The zero-order valence-corrected chi connectivity index (χ0v) is 10.3. The molecule has 0 atom stereocenters. The highest BCUT2D eigenvalue weighted by atomic mass is 16.4. The number of hydrogen-bond acceptors (Lipinski definition) is 3. The van der Waals surface area contributed by atoms with Gasteiger partial charge in [0.1, 0.15) is 5.76 Å². The molecule has 0 aliphatic heterocycles. The molecule has 2 aromatic rings. The number of carboxylic acid groups (broad SMARTS) is 1. The van der Waals surface area contributed by atoms with E-state index in [2.05, 4.69) is 4.98 Å². The van der Waals surface area contributed by atoms with E-state index in [0.717, 1.165) is 54.0 Å². The van der Waals surface area contributed by atoms with Crippen LogP contribution in [0, 0.1) is 0 Å². The topological polar surface area (TPSA) is 63.3 Å². The molecule has 2 aliphatic carbocycles. The van der Waals surface area contributed by atoms with Crippen molar-refractivity contribution >= 4 is 5.97 Å². The van der Waals surface area contributed by atoms with Gasteiger partial charge in [0, 0.05) is 17.9 Å². The third kappa shape index (κ3) is 1.59. The number of pyridine rings is 1. The molecule has 0 amide bonds. The van der Waals surface area contributed by atoms with Crippen molar-refractivity contribution in [2.45, 2.75) is 31.6 Å². The summed E-state index contributed by atoms with van der Waals surface area (Å²) in [6.07, 6.45) is 5.39. The van der Waals surface area contributed by atoms with Gasteiger partial charge < -0.3 is 9.52 Å². The van der Waals surface area contributed by atoms with Crippen LogP contribution in [0.15, 0.2) is 22.8 Å². The van der Waals surface area contributed by atoms with E-state index in [-0.39, 0.29) is 0 Å². The Morgan fingerprint density at radius 1 is 1.37 bits per heavy atom. The SMILES string of the molecule is O=C(O)c1cc2c(nc1C1CC1)-c1ccoc1CC2. The maximum Gasteiger partial charge on any atom is 0.337 e. The Kier molecular flexibility index (Phi) is 2.10. The lowest BCUT2D eigenvalue weighted by Crippen LogP contribution is -2.11. The van der Waals surface area contributed by atoms with Crippen LogP contribution < -0.4 is 0 Å². The van der Waals surface area contributed by atoms with Crippen molar-refractivity contribution in [1.29, 1.82) is 0 Å². The van der Waals surface area contributed by atoms with E-state index in [1.54, 1.807) is 6.26 Å². The molecule has 4 heteroatoms. The van der Waals surface area contributed by atoms with Gasteiger partial charge in [0.15, 0.2) is 0 Å². The van der Waals surface area contributed by atoms with Gasteiger partial charge in [-0.3, -0.25) is 4.98 Å². The molecule has 0 unspecified atom stereocenters. The molecule has 1 N–H and O–H groups in total. The van der Waals surface area contributed by atoms with Gasteiger partial charge in [-0.2, -0.15) is 0 Å². The first kappa shape index (κ1) is 10.8. The lowest BCUT2D eigenvalue weighted by Gasteiger charge is -2.17. The fourth-order valence-corrected chi connectivity index (χ4v) is 2.83. The van der Waals surface area contributed by atoms with Gasteiger partial charge in [-0.1, -0.05) is 0 Å². The van der Waals surface area contributed by atoms with Crippen LogP contribution >= 0.6 is 0 Å². The molecule has 19 heavy (non-hydrogen) atoms. The van der Waals surface area contributed by atoms with Gasteiger partial charge in [-0.15, -0.1) is 0 Å². The Morgan fingerprint density at radius 2 is 2.21 bits per heavy atom. The van der Waals surface area contributed by atoms with Crippen molar-refractivity contribution in [1.82, 2.24) is 4.98 Å². The molecule has 0 radical (unpaired) electrons. The van der Waals surface area contributed by atoms with Crippen LogP contribution in [-0.2, 0) is 12.8 Å². The van der Waals surface area contributed by atoms with Crippen LogP contribution in [0.25, 0.3) is 11.3 Å². The van der Waals surface area contributed by atoms with Crippen molar-refractivity contribution in [3.05, 3.63) is 41.0 Å². The molecule has 2 heterocycles. The smallest absolute Gasteiger partial charge is 0.337 e. The average molecular weight is 255 g/mol. The fraction of sp³-hybridized carbons (Fsp3) is 0.333. The Hall–Kier alpha value is -2.10. The van der Waals surface area contributed by atoms with Gasteiger partial charge in [-0.05, 0) is 37.0 Å². The monoisotopic (exact) mass is 255 g/mol. The summed E-state index contributed by atoms with van der Waals surface area (Å²) in [7, 11) is 0. The fourth-order valence-electron chi connectivity index (χ4n) is 2.83. The largest absolute Gasteiger partial charge is 0.478 e. The first-order chi connectivity index (χ1) is 9.24. The van der Waals surface area contributed by atoms with E-state index < -0.39 is 5.97 Å². The van der Waals surface area contributed by atoms with Crippen molar-refractivity contribution in [2.24, 2.45) is 0 Å². The molecule has 0 saturated heterocycles. The van der Waals surface area contributed by atoms with E-state index in [9.17, 15) is 9.90 Å². The number of aryl methyl sites for hydroxylation is 2. The minimum absolute atomic E-state index is 0.327.